The lowest BCUT2D eigenvalue weighted by Crippen LogP contribution is -2.38. The highest BCUT2D eigenvalue weighted by atomic mass is 16.5. The molecule has 7 heteroatoms. The lowest BCUT2D eigenvalue weighted by atomic mass is 10.1. The summed E-state index contributed by atoms with van der Waals surface area (Å²) in [5.74, 6) is -1.76. The number of fused-ring (bicyclic) bond motifs is 1. The van der Waals surface area contributed by atoms with E-state index < -0.39 is 11.9 Å². The largest absolute Gasteiger partial charge is 0.481 e. The first kappa shape index (κ1) is 17.9. The average Bonchev–Trinajstić information content (AvgIpc) is 3.00. The lowest BCUT2D eigenvalue weighted by molar-refractivity contribution is -0.141. The number of aliphatic carboxylic acids is 1. The Labute approximate surface area is 140 Å². The van der Waals surface area contributed by atoms with Gasteiger partial charge < -0.3 is 14.7 Å². The van der Waals surface area contributed by atoms with Crippen molar-refractivity contribution >= 4 is 17.4 Å². The summed E-state index contributed by atoms with van der Waals surface area (Å²) in [6.07, 6.45) is 3.95. The fourth-order valence-corrected chi connectivity index (χ4v) is 2.46. The van der Waals surface area contributed by atoms with E-state index in [4.69, 9.17) is 9.84 Å². The molecule has 0 bridgehead atoms. The molecule has 0 aliphatic heterocycles. The van der Waals surface area contributed by atoms with Crippen LogP contribution in [-0.4, -0.2) is 57.8 Å². The number of hydrogen-bond acceptors (Lipinski definition) is 4. The zero-order chi connectivity index (χ0) is 17.5. The summed E-state index contributed by atoms with van der Waals surface area (Å²) in [6, 6.07) is 5.49. The van der Waals surface area contributed by atoms with Crippen LogP contribution >= 0.6 is 0 Å². The van der Waals surface area contributed by atoms with E-state index >= 15 is 0 Å². The third kappa shape index (κ3) is 4.32. The maximum Gasteiger partial charge on any atom is 0.308 e. The quantitative estimate of drug-likeness (QED) is 0.709. The van der Waals surface area contributed by atoms with Crippen LogP contribution in [0.4, 0.5) is 0 Å². The summed E-state index contributed by atoms with van der Waals surface area (Å²) >= 11 is 0. The topological polar surface area (TPSA) is 84.1 Å². The van der Waals surface area contributed by atoms with Crippen molar-refractivity contribution in [3.05, 3.63) is 36.2 Å². The molecule has 130 valence electrons. The van der Waals surface area contributed by atoms with Gasteiger partial charge >= 0.3 is 5.97 Å². The summed E-state index contributed by atoms with van der Waals surface area (Å²) in [5.41, 5.74) is 1.19. The Kier molecular flexibility index (Phi) is 6.31. The zero-order valence-electron chi connectivity index (χ0n) is 14.0. The molecule has 0 aliphatic carbocycles. The lowest BCUT2D eigenvalue weighted by Gasteiger charge is -2.24. The molecule has 1 amide bonds. The van der Waals surface area contributed by atoms with Crippen molar-refractivity contribution < 1.29 is 19.4 Å². The van der Waals surface area contributed by atoms with Gasteiger partial charge in [0.15, 0.2) is 0 Å². The van der Waals surface area contributed by atoms with Crippen LogP contribution in [0.5, 0.6) is 0 Å². The summed E-state index contributed by atoms with van der Waals surface area (Å²) in [5, 5.41) is 13.3. The predicted molar refractivity (Wildman–Crippen MR) is 89.0 cm³/mol. The Morgan fingerprint density at radius 3 is 2.92 bits per heavy atom. The average molecular weight is 333 g/mol. The van der Waals surface area contributed by atoms with Crippen molar-refractivity contribution in [3.8, 4) is 0 Å². The van der Waals surface area contributed by atoms with Crippen LogP contribution in [0, 0.1) is 5.92 Å². The number of ether oxygens (including phenoxy) is 1. The molecule has 0 spiro atoms. The predicted octanol–water partition coefficient (Wildman–Crippen LogP) is 1.92. The molecule has 2 rings (SSSR count). The van der Waals surface area contributed by atoms with Gasteiger partial charge in [0.25, 0.3) is 5.91 Å². The molecule has 0 aromatic carbocycles. The molecule has 0 saturated heterocycles. The van der Waals surface area contributed by atoms with Gasteiger partial charge in [-0.1, -0.05) is 13.0 Å². The van der Waals surface area contributed by atoms with Gasteiger partial charge in [0.2, 0.25) is 0 Å². The fourth-order valence-electron chi connectivity index (χ4n) is 2.46. The summed E-state index contributed by atoms with van der Waals surface area (Å²) in [6.45, 7) is 5.27. The SMILES string of the molecule is CCOCCCN(CC(C)C(=O)O)C(=O)c1cnn2ccccc12. The number of carbonyl (C=O) groups excluding carboxylic acids is 1. The second kappa shape index (κ2) is 8.44. The van der Waals surface area contributed by atoms with Gasteiger partial charge in [-0.3, -0.25) is 9.59 Å². The number of amides is 1. The number of aromatic nitrogens is 2. The number of carboxylic acid groups (broad SMARTS) is 1. The molecule has 24 heavy (non-hydrogen) atoms. The van der Waals surface area contributed by atoms with E-state index in [9.17, 15) is 9.59 Å². The van der Waals surface area contributed by atoms with E-state index in [0.29, 0.717) is 37.3 Å². The van der Waals surface area contributed by atoms with Gasteiger partial charge in [0.1, 0.15) is 0 Å². The van der Waals surface area contributed by atoms with Crippen LogP contribution in [0.3, 0.4) is 0 Å². The maximum atomic E-state index is 12.9. The number of hydrogen-bond donors (Lipinski definition) is 1. The van der Waals surface area contributed by atoms with E-state index in [-0.39, 0.29) is 12.5 Å². The molecule has 1 unspecified atom stereocenters. The second-order valence-electron chi connectivity index (χ2n) is 5.63. The highest BCUT2D eigenvalue weighted by molar-refractivity contribution is 6.00. The molecule has 7 nitrogen and oxygen atoms in total. The Morgan fingerprint density at radius 1 is 1.42 bits per heavy atom. The minimum Gasteiger partial charge on any atom is -0.481 e. The zero-order valence-corrected chi connectivity index (χ0v) is 14.0. The molecule has 2 aromatic heterocycles. The molecule has 2 heterocycles. The van der Waals surface area contributed by atoms with Crippen molar-refractivity contribution in [2.75, 3.05) is 26.3 Å². The standard InChI is InChI=1S/C17H23N3O4/c1-3-24-10-6-8-19(12-13(2)17(22)23)16(21)14-11-18-20-9-5-4-7-15(14)20/h4-5,7,9,11,13H,3,6,8,10,12H2,1-2H3,(H,22,23). The van der Waals surface area contributed by atoms with Crippen LogP contribution in [0.1, 0.15) is 30.6 Å². The Hall–Kier alpha value is -2.41. The molecule has 1 atom stereocenters. The van der Waals surface area contributed by atoms with Gasteiger partial charge in [-0.25, -0.2) is 4.52 Å². The van der Waals surface area contributed by atoms with E-state index in [1.54, 1.807) is 22.5 Å². The third-order valence-electron chi connectivity index (χ3n) is 3.78. The second-order valence-corrected chi connectivity index (χ2v) is 5.63. The third-order valence-corrected chi connectivity index (χ3v) is 3.78. The van der Waals surface area contributed by atoms with Crippen LogP contribution in [0.15, 0.2) is 30.6 Å². The molecule has 0 radical (unpaired) electrons. The van der Waals surface area contributed by atoms with Gasteiger partial charge in [-0.2, -0.15) is 5.10 Å². The van der Waals surface area contributed by atoms with E-state index in [0.717, 1.165) is 0 Å². The van der Waals surface area contributed by atoms with Gasteiger partial charge in [0, 0.05) is 32.5 Å². The van der Waals surface area contributed by atoms with Crippen LogP contribution in [-0.2, 0) is 9.53 Å². The molecular weight excluding hydrogens is 310 g/mol. The van der Waals surface area contributed by atoms with E-state index in [1.165, 1.54) is 6.20 Å². The van der Waals surface area contributed by atoms with Gasteiger partial charge in [-0.05, 0) is 25.5 Å². The highest BCUT2D eigenvalue weighted by Gasteiger charge is 2.23. The molecule has 0 aliphatic rings. The molecule has 0 fully saturated rings. The van der Waals surface area contributed by atoms with Crippen molar-refractivity contribution in [1.82, 2.24) is 14.5 Å². The molecular formula is C17H23N3O4. The smallest absolute Gasteiger partial charge is 0.308 e. The number of rotatable bonds is 9. The molecule has 1 N–H and O–H groups in total. The van der Waals surface area contributed by atoms with Crippen LogP contribution in [0.25, 0.3) is 5.52 Å². The first-order chi connectivity index (χ1) is 11.5. The number of carboxylic acids is 1. The van der Waals surface area contributed by atoms with Crippen molar-refractivity contribution in [3.63, 3.8) is 0 Å². The Bertz CT molecular complexity index is 698. The van der Waals surface area contributed by atoms with Crippen molar-refractivity contribution in [2.24, 2.45) is 5.92 Å². The minimum atomic E-state index is -0.919. The molecule has 2 aromatic rings. The highest BCUT2D eigenvalue weighted by Crippen LogP contribution is 2.14. The van der Waals surface area contributed by atoms with Crippen LogP contribution < -0.4 is 0 Å². The van der Waals surface area contributed by atoms with Gasteiger partial charge in [0.05, 0.1) is 23.2 Å². The Morgan fingerprint density at radius 2 is 2.21 bits per heavy atom. The minimum absolute atomic E-state index is 0.157. The van der Waals surface area contributed by atoms with Crippen LogP contribution in [0.2, 0.25) is 0 Å². The van der Waals surface area contributed by atoms with Crippen molar-refractivity contribution in [2.45, 2.75) is 20.3 Å². The monoisotopic (exact) mass is 333 g/mol. The van der Waals surface area contributed by atoms with Gasteiger partial charge in [-0.15, -0.1) is 0 Å². The Balaban J connectivity index is 2.17. The van der Waals surface area contributed by atoms with E-state index in [2.05, 4.69) is 5.10 Å². The summed E-state index contributed by atoms with van der Waals surface area (Å²) in [4.78, 5) is 25.6. The number of nitrogens with zero attached hydrogens (tertiary/aromatic N) is 3. The fraction of sp³-hybridized carbons (Fsp3) is 0.471. The number of pyridine rings is 1. The maximum absolute atomic E-state index is 12.9. The summed E-state index contributed by atoms with van der Waals surface area (Å²) in [7, 11) is 0. The first-order valence-electron chi connectivity index (χ1n) is 8.06. The van der Waals surface area contributed by atoms with E-state index in [1.807, 2.05) is 25.1 Å². The normalized spacial score (nSPS) is 12.2. The summed E-state index contributed by atoms with van der Waals surface area (Å²) < 4.78 is 6.94. The van der Waals surface area contributed by atoms with Crippen molar-refractivity contribution in [1.29, 1.82) is 0 Å². The number of carbonyl (C=O) groups is 2. The molecule has 0 saturated carbocycles. The first-order valence-corrected chi connectivity index (χ1v) is 8.06.